The Hall–Kier alpha value is -4.06. The number of aromatic nitrogens is 1. The van der Waals surface area contributed by atoms with E-state index < -0.39 is 5.97 Å². The molecule has 4 rings (SSSR count). The zero-order valence-corrected chi connectivity index (χ0v) is 17.9. The van der Waals surface area contributed by atoms with E-state index in [1.165, 1.54) is 0 Å². The molecular formula is C26H23NO5. The largest absolute Gasteiger partial charge is 0.506 e. The van der Waals surface area contributed by atoms with E-state index in [4.69, 9.17) is 9.47 Å². The first kappa shape index (κ1) is 21.2. The van der Waals surface area contributed by atoms with Gasteiger partial charge in [-0.05, 0) is 42.3 Å². The highest BCUT2D eigenvalue weighted by Crippen LogP contribution is 2.35. The van der Waals surface area contributed by atoms with Gasteiger partial charge in [-0.15, -0.1) is 0 Å². The first-order chi connectivity index (χ1) is 15.5. The van der Waals surface area contributed by atoms with Crippen LogP contribution in [0, 0.1) is 0 Å². The molecule has 6 nitrogen and oxygen atoms in total. The number of aromatic hydroxyl groups is 1. The van der Waals surface area contributed by atoms with E-state index in [1.54, 1.807) is 61.1 Å². The fourth-order valence-corrected chi connectivity index (χ4v) is 3.80. The molecule has 1 aromatic heterocycles. The summed E-state index contributed by atoms with van der Waals surface area (Å²) in [5.74, 6) is -0.0703. The van der Waals surface area contributed by atoms with Gasteiger partial charge in [-0.2, -0.15) is 0 Å². The van der Waals surface area contributed by atoms with Gasteiger partial charge in [0.25, 0.3) is 5.56 Å². The Morgan fingerprint density at radius 3 is 2.34 bits per heavy atom. The minimum atomic E-state index is -0.554. The Kier molecular flexibility index (Phi) is 5.94. The molecule has 1 heterocycles. The van der Waals surface area contributed by atoms with Crippen LogP contribution in [-0.2, 0) is 11.3 Å². The highest BCUT2D eigenvalue weighted by molar-refractivity contribution is 6.08. The van der Waals surface area contributed by atoms with Crippen molar-refractivity contribution < 1.29 is 19.4 Å². The molecule has 0 radical (unpaired) electrons. The van der Waals surface area contributed by atoms with Crippen LogP contribution in [0.5, 0.6) is 11.5 Å². The van der Waals surface area contributed by atoms with Crippen LogP contribution in [0.25, 0.3) is 22.0 Å². The van der Waals surface area contributed by atoms with Crippen LogP contribution in [0.4, 0.5) is 0 Å². The van der Waals surface area contributed by atoms with Crippen LogP contribution in [0.2, 0.25) is 0 Å². The second-order valence-corrected chi connectivity index (χ2v) is 7.25. The summed E-state index contributed by atoms with van der Waals surface area (Å²) in [6.07, 6.45) is 0. The van der Waals surface area contributed by atoms with Gasteiger partial charge in [0.1, 0.15) is 11.5 Å². The third kappa shape index (κ3) is 3.83. The summed E-state index contributed by atoms with van der Waals surface area (Å²) >= 11 is 0. The number of esters is 1. The van der Waals surface area contributed by atoms with E-state index in [9.17, 15) is 14.7 Å². The van der Waals surface area contributed by atoms with Crippen molar-refractivity contribution in [1.29, 1.82) is 0 Å². The zero-order valence-electron chi connectivity index (χ0n) is 17.9. The first-order valence-corrected chi connectivity index (χ1v) is 10.3. The maximum Gasteiger partial charge on any atom is 0.338 e. The van der Waals surface area contributed by atoms with Crippen molar-refractivity contribution in [2.24, 2.45) is 0 Å². The van der Waals surface area contributed by atoms with Crippen molar-refractivity contribution in [3.05, 3.63) is 94.3 Å². The topological polar surface area (TPSA) is 77.8 Å². The highest BCUT2D eigenvalue weighted by Gasteiger charge is 2.23. The normalized spacial score (nSPS) is 10.8. The Labute approximate surface area is 185 Å². The smallest absolute Gasteiger partial charge is 0.338 e. The standard InChI is InChI=1S/C26H23NO5/c1-3-32-26(30)20-10-7-11-21-23(20)24(28)22(18-8-5-4-6-9-18)25(29)27(21)16-17-12-14-19(31-2)15-13-17/h4-15,28H,3,16H2,1-2H3. The van der Waals surface area contributed by atoms with Gasteiger partial charge in [-0.25, -0.2) is 4.79 Å². The van der Waals surface area contributed by atoms with Gasteiger partial charge in [0.15, 0.2) is 0 Å². The van der Waals surface area contributed by atoms with Crippen molar-refractivity contribution >= 4 is 16.9 Å². The quantitative estimate of drug-likeness (QED) is 0.453. The van der Waals surface area contributed by atoms with Crippen molar-refractivity contribution in [2.75, 3.05) is 13.7 Å². The zero-order chi connectivity index (χ0) is 22.7. The third-order valence-corrected chi connectivity index (χ3v) is 5.32. The summed E-state index contributed by atoms with van der Waals surface area (Å²) in [6, 6.07) is 21.3. The maximum atomic E-state index is 13.6. The highest BCUT2D eigenvalue weighted by atomic mass is 16.5. The molecule has 6 heteroatoms. The summed E-state index contributed by atoms with van der Waals surface area (Å²) in [7, 11) is 1.59. The van der Waals surface area contributed by atoms with Gasteiger partial charge in [0.2, 0.25) is 0 Å². The molecule has 0 bridgehead atoms. The van der Waals surface area contributed by atoms with E-state index in [0.717, 1.165) is 5.56 Å². The summed E-state index contributed by atoms with van der Waals surface area (Å²) in [4.78, 5) is 26.2. The lowest BCUT2D eigenvalue weighted by molar-refractivity contribution is 0.0528. The molecule has 0 aliphatic carbocycles. The van der Waals surface area contributed by atoms with Crippen molar-refractivity contribution in [2.45, 2.75) is 13.5 Å². The molecule has 0 unspecified atom stereocenters. The Morgan fingerprint density at radius 1 is 0.969 bits per heavy atom. The minimum Gasteiger partial charge on any atom is -0.506 e. The fraction of sp³-hybridized carbons (Fsp3) is 0.154. The number of nitrogens with zero attached hydrogens (tertiary/aromatic N) is 1. The number of ether oxygens (including phenoxy) is 2. The molecule has 0 aliphatic heterocycles. The van der Waals surface area contributed by atoms with Gasteiger partial charge >= 0.3 is 5.97 Å². The van der Waals surface area contributed by atoms with Gasteiger partial charge in [-0.1, -0.05) is 48.5 Å². The predicted octanol–water partition coefficient (Wildman–Crippen LogP) is 4.61. The number of benzene rings is 3. The molecule has 0 atom stereocenters. The van der Waals surface area contributed by atoms with Crippen molar-refractivity contribution in [3.63, 3.8) is 0 Å². The van der Waals surface area contributed by atoms with Gasteiger partial charge in [0.05, 0.1) is 42.3 Å². The molecule has 162 valence electrons. The number of methoxy groups -OCH3 is 1. The summed E-state index contributed by atoms with van der Waals surface area (Å²) in [5, 5.41) is 11.5. The van der Waals surface area contributed by atoms with Crippen LogP contribution in [0.3, 0.4) is 0 Å². The van der Waals surface area contributed by atoms with E-state index in [1.807, 2.05) is 30.3 Å². The molecule has 0 spiro atoms. The molecule has 4 aromatic rings. The van der Waals surface area contributed by atoms with Gasteiger partial charge in [-0.3, -0.25) is 4.79 Å². The van der Waals surface area contributed by atoms with E-state index in [-0.39, 0.29) is 41.0 Å². The molecule has 3 aromatic carbocycles. The average Bonchev–Trinajstić information content (AvgIpc) is 2.82. The molecule has 0 amide bonds. The minimum absolute atomic E-state index is 0.142. The van der Waals surface area contributed by atoms with Crippen LogP contribution < -0.4 is 10.3 Å². The molecule has 0 fully saturated rings. The monoisotopic (exact) mass is 429 g/mol. The Morgan fingerprint density at radius 2 is 1.69 bits per heavy atom. The third-order valence-electron chi connectivity index (χ3n) is 5.32. The second-order valence-electron chi connectivity index (χ2n) is 7.25. The molecule has 1 N–H and O–H groups in total. The summed E-state index contributed by atoms with van der Waals surface area (Å²) in [5.41, 5.74) is 1.90. The molecule has 0 saturated carbocycles. The molecule has 0 saturated heterocycles. The van der Waals surface area contributed by atoms with E-state index in [2.05, 4.69) is 0 Å². The van der Waals surface area contributed by atoms with Crippen LogP contribution in [0.15, 0.2) is 77.6 Å². The lowest BCUT2D eigenvalue weighted by Gasteiger charge is -2.17. The van der Waals surface area contributed by atoms with E-state index in [0.29, 0.717) is 16.8 Å². The number of carbonyl (C=O) groups is 1. The number of fused-ring (bicyclic) bond motifs is 1. The molecular weight excluding hydrogens is 406 g/mol. The number of hydrogen-bond acceptors (Lipinski definition) is 5. The average molecular weight is 429 g/mol. The lowest BCUT2D eigenvalue weighted by atomic mass is 9.99. The fourth-order valence-electron chi connectivity index (χ4n) is 3.80. The number of carbonyl (C=O) groups excluding carboxylic acids is 1. The van der Waals surface area contributed by atoms with Gasteiger partial charge < -0.3 is 19.1 Å². The van der Waals surface area contributed by atoms with Crippen LogP contribution >= 0.6 is 0 Å². The second kappa shape index (κ2) is 8.98. The van der Waals surface area contributed by atoms with Crippen molar-refractivity contribution in [3.8, 4) is 22.6 Å². The van der Waals surface area contributed by atoms with Crippen molar-refractivity contribution in [1.82, 2.24) is 4.57 Å². The van der Waals surface area contributed by atoms with Crippen LogP contribution in [0.1, 0.15) is 22.8 Å². The number of hydrogen-bond donors (Lipinski definition) is 1. The van der Waals surface area contributed by atoms with E-state index >= 15 is 0 Å². The van der Waals surface area contributed by atoms with Gasteiger partial charge in [0, 0.05) is 0 Å². The summed E-state index contributed by atoms with van der Waals surface area (Å²) in [6.45, 7) is 2.18. The predicted molar refractivity (Wildman–Crippen MR) is 123 cm³/mol. The number of rotatable bonds is 6. The maximum absolute atomic E-state index is 13.6. The van der Waals surface area contributed by atoms with Crippen LogP contribution in [-0.4, -0.2) is 29.4 Å². The number of pyridine rings is 1. The first-order valence-electron chi connectivity index (χ1n) is 10.3. The summed E-state index contributed by atoms with van der Waals surface area (Å²) < 4.78 is 12.0. The Balaban J connectivity index is 2.02. The Bertz CT molecular complexity index is 1320. The molecule has 0 aliphatic rings. The lowest BCUT2D eigenvalue weighted by Crippen LogP contribution is -2.24. The SMILES string of the molecule is CCOC(=O)c1cccc2c1c(O)c(-c1ccccc1)c(=O)n2Cc1ccc(OC)cc1. The molecule has 32 heavy (non-hydrogen) atoms.